The third kappa shape index (κ3) is 4.19. The molecule has 0 amide bonds. The maximum atomic E-state index is 5.63. The quantitative estimate of drug-likeness (QED) is 0.764. The van der Waals surface area contributed by atoms with E-state index in [-0.39, 0.29) is 1.43 Å². The van der Waals surface area contributed by atoms with Crippen molar-refractivity contribution in [1.82, 2.24) is 0 Å². The number of hydrogen-bond donors (Lipinski definition) is 1. The third-order valence-electron chi connectivity index (χ3n) is 2.14. The molecule has 2 heteroatoms. The molecule has 0 heterocycles. The molecule has 0 saturated carbocycles. The second-order valence-electron chi connectivity index (χ2n) is 3.48. The highest BCUT2D eigenvalue weighted by Crippen LogP contribution is 2.22. The number of rotatable bonds is 2. The maximum Gasteiger partial charge on any atom is 0.127 e. The molecule has 2 nitrogen and oxygen atoms in total. The van der Waals surface area contributed by atoms with Crippen LogP contribution in [0.2, 0.25) is 0 Å². The third-order valence-corrected chi connectivity index (χ3v) is 2.14. The van der Waals surface area contributed by atoms with Crippen LogP contribution in [0.4, 0.5) is 5.69 Å². The van der Waals surface area contributed by atoms with Gasteiger partial charge in [0, 0.05) is 7.11 Å². The van der Waals surface area contributed by atoms with Gasteiger partial charge in [0.05, 0.1) is 0 Å². The van der Waals surface area contributed by atoms with Gasteiger partial charge in [0.1, 0.15) is 11.5 Å². The van der Waals surface area contributed by atoms with Gasteiger partial charge < -0.3 is 10.5 Å². The van der Waals surface area contributed by atoms with Crippen molar-refractivity contribution in [3.05, 3.63) is 54.1 Å². The average Bonchev–Trinajstić information content (AvgIpc) is 2.37. The SMILES string of the molecule is CC.Cc1ccc(Oc2ccc(N)cc2)cc1.[HH]. The van der Waals surface area contributed by atoms with Crippen molar-refractivity contribution >= 4 is 5.69 Å². The summed E-state index contributed by atoms with van der Waals surface area (Å²) in [6.07, 6.45) is 0. The van der Waals surface area contributed by atoms with Gasteiger partial charge in [0.2, 0.25) is 0 Å². The van der Waals surface area contributed by atoms with Crippen LogP contribution in [0.3, 0.4) is 0 Å². The molecule has 2 N–H and O–H groups in total. The number of ether oxygens (including phenoxy) is 1. The predicted molar refractivity (Wildman–Crippen MR) is 75.6 cm³/mol. The molecule has 0 aromatic heterocycles. The molecule has 0 aliphatic rings. The molecule has 17 heavy (non-hydrogen) atoms. The smallest absolute Gasteiger partial charge is 0.127 e. The van der Waals surface area contributed by atoms with E-state index in [2.05, 4.69) is 0 Å². The molecule has 0 aliphatic heterocycles. The molecule has 2 aromatic rings. The van der Waals surface area contributed by atoms with Gasteiger partial charge in [-0.25, -0.2) is 0 Å². The van der Waals surface area contributed by atoms with E-state index in [9.17, 15) is 0 Å². The molecule has 2 rings (SSSR count). The zero-order valence-corrected chi connectivity index (χ0v) is 10.6. The second kappa shape index (κ2) is 6.59. The van der Waals surface area contributed by atoms with Crippen molar-refractivity contribution in [3.63, 3.8) is 0 Å². The molecule has 0 saturated heterocycles. The Hall–Kier alpha value is -1.96. The van der Waals surface area contributed by atoms with Gasteiger partial charge in [-0.15, -0.1) is 0 Å². The Morgan fingerprint density at radius 2 is 1.24 bits per heavy atom. The Balaban J connectivity index is 0.000000917. The standard InChI is InChI=1S/C13H13NO.C2H6.H2/c1-10-2-6-12(7-3-10)15-13-8-4-11(14)5-9-13;1-2;/h2-9H,14H2,1H3;1-2H3;1H. The summed E-state index contributed by atoms with van der Waals surface area (Å²) in [5.41, 5.74) is 7.55. The van der Waals surface area contributed by atoms with Gasteiger partial charge in [-0.3, -0.25) is 0 Å². The Kier molecular flexibility index (Phi) is 5.08. The van der Waals surface area contributed by atoms with Gasteiger partial charge in [-0.05, 0) is 43.3 Å². The van der Waals surface area contributed by atoms with Crippen molar-refractivity contribution in [3.8, 4) is 11.5 Å². The summed E-state index contributed by atoms with van der Waals surface area (Å²) in [6, 6.07) is 15.3. The van der Waals surface area contributed by atoms with E-state index in [1.165, 1.54) is 5.56 Å². The van der Waals surface area contributed by atoms with Crippen LogP contribution in [0.15, 0.2) is 48.5 Å². The van der Waals surface area contributed by atoms with E-state index < -0.39 is 0 Å². The highest BCUT2D eigenvalue weighted by atomic mass is 16.5. The summed E-state index contributed by atoms with van der Waals surface area (Å²) < 4.78 is 5.63. The molecule has 0 atom stereocenters. The van der Waals surface area contributed by atoms with E-state index >= 15 is 0 Å². The summed E-state index contributed by atoms with van der Waals surface area (Å²) in [5.74, 6) is 1.64. The van der Waals surface area contributed by atoms with E-state index in [0.717, 1.165) is 17.2 Å². The Bertz CT molecular complexity index is 394. The number of anilines is 1. The second-order valence-corrected chi connectivity index (χ2v) is 3.48. The first-order valence-electron chi connectivity index (χ1n) is 5.84. The minimum atomic E-state index is 0. The van der Waals surface area contributed by atoms with Crippen molar-refractivity contribution in [2.45, 2.75) is 20.8 Å². The molecule has 0 fully saturated rings. The Morgan fingerprint density at radius 1 is 0.824 bits per heavy atom. The minimum Gasteiger partial charge on any atom is -0.457 e. The van der Waals surface area contributed by atoms with Crippen LogP contribution in [0.1, 0.15) is 20.8 Å². The lowest BCUT2D eigenvalue weighted by atomic mass is 10.2. The summed E-state index contributed by atoms with van der Waals surface area (Å²) in [6.45, 7) is 6.05. The number of aryl methyl sites for hydroxylation is 1. The lowest BCUT2D eigenvalue weighted by molar-refractivity contribution is 0.482. The number of nitrogen functional groups attached to an aromatic ring is 1. The summed E-state index contributed by atoms with van der Waals surface area (Å²) in [5, 5.41) is 0. The van der Waals surface area contributed by atoms with Gasteiger partial charge in [0.15, 0.2) is 0 Å². The van der Waals surface area contributed by atoms with Crippen molar-refractivity contribution in [2.24, 2.45) is 0 Å². The fourth-order valence-electron chi connectivity index (χ4n) is 1.28. The molecule has 0 bridgehead atoms. The lowest BCUT2D eigenvalue weighted by Crippen LogP contribution is -1.86. The molecular formula is C15H21NO. The van der Waals surface area contributed by atoms with E-state index in [4.69, 9.17) is 10.5 Å². The predicted octanol–water partition coefficient (Wildman–Crippen LogP) is 4.64. The topological polar surface area (TPSA) is 35.2 Å². The zero-order chi connectivity index (χ0) is 12.7. The van der Waals surface area contributed by atoms with Crippen LogP contribution in [0, 0.1) is 6.92 Å². The van der Waals surface area contributed by atoms with E-state index in [1.54, 1.807) is 0 Å². The molecule has 92 valence electrons. The highest BCUT2D eigenvalue weighted by Gasteiger charge is 1.95. The molecule has 0 aliphatic carbocycles. The highest BCUT2D eigenvalue weighted by molar-refractivity contribution is 5.43. The fraction of sp³-hybridized carbons (Fsp3) is 0.200. The first-order chi connectivity index (χ1) is 8.24. The number of hydrogen-bond acceptors (Lipinski definition) is 2. The fourth-order valence-corrected chi connectivity index (χ4v) is 1.28. The van der Waals surface area contributed by atoms with Crippen LogP contribution in [-0.2, 0) is 0 Å². The molecular weight excluding hydrogens is 210 g/mol. The Morgan fingerprint density at radius 3 is 1.71 bits per heavy atom. The van der Waals surface area contributed by atoms with Gasteiger partial charge in [-0.1, -0.05) is 31.5 Å². The summed E-state index contributed by atoms with van der Waals surface area (Å²) in [7, 11) is 0. The average molecular weight is 231 g/mol. The Labute approximate surface area is 105 Å². The zero-order valence-electron chi connectivity index (χ0n) is 10.6. The van der Waals surface area contributed by atoms with Gasteiger partial charge in [0.25, 0.3) is 0 Å². The van der Waals surface area contributed by atoms with Crippen molar-refractivity contribution in [1.29, 1.82) is 0 Å². The normalized spacial score (nSPS) is 9.12. The monoisotopic (exact) mass is 231 g/mol. The lowest BCUT2D eigenvalue weighted by Gasteiger charge is -2.05. The van der Waals surface area contributed by atoms with Crippen molar-refractivity contribution in [2.75, 3.05) is 5.73 Å². The van der Waals surface area contributed by atoms with E-state index in [1.807, 2.05) is 69.3 Å². The van der Waals surface area contributed by atoms with Crippen LogP contribution < -0.4 is 10.5 Å². The largest absolute Gasteiger partial charge is 0.457 e. The maximum absolute atomic E-state index is 5.63. The number of benzene rings is 2. The van der Waals surface area contributed by atoms with Crippen LogP contribution in [-0.4, -0.2) is 0 Å². The van der Waals surface area contributed by atoms with E-state index in [0.29, 0.717) is 0 Å². The molecule has 0 unspecified atom stereocenters. The van der Waals surface area contributed by atoms with Gasteiger partial charge >= 0.3 is 0 Å². The molecule has 0 radical (unpaired) electrons. The summed E-state index contributed by atoms with van der Waals surface area (Å²) >= 11 is 0. The van der Waals surface area contributed by atoms with Crippen LogP contribution >= 0.6 is 0 Å². The minimum absolute atomic E-state index is 0. The first kappa shape index (κ1) is 13.1. The molecule has 0 spiro atoms. The first-order valence-corrected chi connectivity index (χ1v) is 5.84. The van der Waals surface area contributed by atoms with Crippen LogP contribution in [0.25, 0.3) is 0 Å². The van der Waals surface area contributed by atoms with Crippen LogP contribution in [0.5, 0.6) is 11.5 Å². The number of nitrogens with two attached hydrogens (primary N) is 1. The molecule has 2 aromatic carbocycles. The van der Waals surface area contributed by atoms with Gasteiger partial charge in [-0.2, -0.15) is 0 Å². The van der Waals surface area contributed by atoms with Crippen molar-refractivity contribution < 1.29 is 6.16 Å². The summed E-state index contributed by atoms with van der Waals surface area (Å²) in [4.78, 5) is 0.